The van der Waals surface area contributed by atoms with E-state index in [1.807, 2.05) is 0 Å². The summed E-state index contributed by atoms with van der Waals surface area (Å²) in [4.78, 5) is 27.1. The Kier molecular flexibility index (Phi) is 3.05. The molecule has 6 heteroatoms. The van der Waals surface area contributed by atoms with Crippen molar-refractivity contribution < 1.29 is 14.0 Å². The Morgan fingerprint density at radius 2 is 1.43 bits per heavy atom. The first-order chi connectivity index (χ1) is 10.0. The van der Waals surface area contributed by atoms with E-state index in [1.54, 1.807) is 0 Å². The third-order valence-electron chi connectivity index (χ3n) is 5.07. The summed E-state index contributed by atoms with van der Waals surface area (Å²) in [6.45, 7) is 0. The lowest BCUT2D eigenvalue weighted by molar-refractivity contribution is -0.123. The van der Waals surface area contributed by atoms with Gasteiger partial charge in [-0.3, -0.25) is 14.5 Å². The highest BCUT2D eigenvalue weighted by atomic mass is 79.9. The summed E-state index contributed by atoms with van der Waals surface area (Å²) >= 11 is 7.30. The Hall–Kier alpha value is -0.750. The lowest BCUT2D eigenvalue weighted by Gasteiger charge is -2.28. The maximum atomic E-state index is 13.0. The van der Waals surface area contributed by atoms with Crippen LogP contribution in [-0.2, 0) is 9.59 Å². The topological polar surface area (TPSA) is 37.4 Å². The van der Waals surface area contributed by atoms with Crippen LogP contribution in [0, 0.1) is 29.5 Å². The number of alkyl halides is 2. The average molecular weight is 417 g/mol. The Labute approximate surface area is 138 Å². The summed E-state index contributed by atoms with van der Waals surface area (Å²) in [5.41, 5.74) is 0.470. The summed E-state index contributed by atoms with van der Waals surface area (Å²) < 4.78 is 13.0. The van der Waals surface area contributed by atoms with Gasteiger partial charge in [0.25, 0.3) is 0 Å². The predicted molar refractivity (Wildman–Crippen MR) is 82.9 cm³/mol. The Morgan fingerprint density at radius 1 is 0.952 bits per heavy atom. The first-order valence-electron chi connectivity index (χ1n) is 6.92. The minimum Gasteiger partial charge on any atom is -0.274 e. The number of fused-ring (bicyclic) bond motifs is 5. The molecular weight excluding hydrogens is 405 g/mol. The molecular formula is C15H12Br2FNO2. The fourth-order valence-electron chi connectivity index (χ4n) is 4.19. The van der Waals surface area contributed by atoms with Crippen LogP contribution >= 0.6 is 31.9 Å². The molecule has 0 N–H and O–H groups in total. The molecule has 3 nitrogen and oxygen atoms in total. The zero-order valence-electron chi connectivity index (χ0n) is 10.9. The molecule has 2 bridgehead atoms. The number of rotatable bonds is 1. The van der Waals surface area contributed by atoms with E-state index in [4.69, 9.17) is 0 Å². The van der Waals surface area contributed by atoms with Crippen molar-refractivity contribution in [2.75, 3.05) is 4.90 Å². The number of nitrogens with zero attached hydrogens (tertiary/aromatic N) is 1. The van der Waals surface area contributed by atoms with Crippen molar-refractivity contribution in [2.45, 2.75) is 16.1 Å². The lowest BCUT2D eigenvalue weighted by Crippen LogP contribution is -2.37. The number of halogens is 3. The van der Waals surface area contributed by atoms with Gasteiger partial charge < -0.3 is 0 Å². The third kappa shape index (κ3) is 1.75. The normalized spacial score (nSPS) is 41.0. The van der Waals surface area contributed by atoms with Crippen molar-refractivity contribution in [3.63, 3.8) is 0 Å². The molecule has 1 aliphatic heterocycles. The maximum absolute atomic E-state index is 13.0. The lowest BCUT2D eigenvalue weighted by atomic mass is 9.81. The molecule has 2 aliphatic carbocycles. The summed E-state index contributed by atoms with van der Waals surface area (Å²) in [7, 11) is 0. The molecule has 6 atom stereocenters. The molecule has 3 fully saturated rings. The van der Waals surface area contributed by atoms with Crippen LogP contribution in [-0.4, -0.2) is 21.5 Å². The van der Waals surface area contributed by atoms with Crippen molar-refractivity contribution in [3.05, 3.63) is 30.1 Å². The molecule has 0 radical (unpaired) electrons. The van der Waals surface area contributed by atoms with Gasteiger partial charge in [0.15, 0.2) is 0 Å². The molecule has 2 saturated carbocycles. The molecule has 0 aromatic heterocycles. The van der Waals surface area contributed by atoms with Crippen LogP contribution in [0.15, 0.2) is 24.3 Å². The van der Waals surface area contributed by atoms with E-state index in [9.17, 15) is 14.0 Å². The molecule has 21 heavy (non-hydrogen) atoms. The highest BCUT2D eigenvalue weighted by Gasteiger charge is 2.66. The van der Waals surface area contributed by atoms with Gasteiger partial charge in [0.1, 0.15) is 5.82 Å². The second kappa shape index (κ2) is 4.62. The van der Waals surface area contributed by atoms with Gasteiger partial charge >= 0.3 is 0 Å². The van der Waals surface area contributed by atoms with E-state index < -0.39 is 0 Å². The van der Waals surface area contributed by atoms with Crippen molar-refractivity contribution in [1.82, 2.24) is 0 Å². The van der Waals surface area contributed by atoms with E-state index in [1.165, 1.54) is 29.2 Å². The molecule has 4 rings (SSSR count). The fourth-order valence-corrected chi connectivity index (χ4v) is 6.07. The monoisotopic (exact) mass is 415 g/mol. The van der Waals surface area contributed by atoms with Crippen molar-refractivity contribution in [1.29, 1.82) is 0 Å². The predicted octanol–water partition coefficient (Wildman–Crippen LogP) is 3.11. The maximum Gasteiger partial charge on any atom is 0.238 e. The minimum atomic E-state index is -0.376. The van der Waals surface area contributed by atoms with Gasteiger partial charge in [-0.05, 0) is 42.5 Å². The summed E-state index contributed by atoms with van der Waals surface area (Å²) in [5.74, 6) is -0.700. The van der Waals surface area contributed by atoms with Crippen LogP contribution < -0.4 is 4.90 Å². The number of carbonyl (C=O) groups is 2. The number of anilines is 1. The second-order valence-corrected chi connectivity index (χ2v) is 8.11. The van der Waals surface area contributed by atoms with Crippen LogP contribution in [0.25, 0.3) is 0 Å². The average Bonchev–Trinajstić information content (AvgIpc) is 3.06. The molecule has 1 aromatic carbocycles. The summed E-state index contributed by atoms with van der Waals surface area (Å²) in [6, 6.07) is 5.54. The van der Waals surface area contributed by atoms with E-state index >= 15 is 0 Å². The Bertz CT molecular complexity index is 603. The molecule has 0 spiro atoms. The number of hydrogen-bond donors (Lipinski definition) is 0. The van der Waals surface area contributed by atoms with Gasteiger partial charge in [-0.1, -0.05) is 31.9 Å². The number of hydrogen-bond acceptors (Lipinski definition) is 2. The minimum absolute atomic E-state index is 0.132. The van der Waals surface area contributed by atoms with Gasteiger partial charge in [-0.2, -0.15) is 0 Å². The smallest absolute Gasteiger partial charge is 0.238 e. The Balaban J connectivity index is 1.73. The van der Waals surface area contributed by atoms with Crippen LogP contribution in [0.3, 0.4) is 0 Å². The SMILES string of the molecule is O=C1[C@H]2[C@@H]3C[C@@H]([C@@H](Br)[C@H]3Br)[C@@H]2C(=O)N1c1ccc(F)cc1. The molecule has 1 heterocycles. The largest absolute Gasteiger partial charge is 0.274 e. The quantitative estimate of drug-likeness (QED) is 0.521. The van der Waals surface area contributed by atoms with Gasteiger partial charge in [0, 0.05) is 9.65 Å². The number of carbonyl (C=O) groups excluding carboxylic acids is 2. The van der Waals surface area contributed by atoms with Crippen molar-refractivity contribution in [2.24, 2.45) is 23.7 Å². The van der Waals surface area contributed by atoms with E-state index in [0.29, 0.717) is 5.69 Å². The fraction of sp³-hybridized carbons (Fsp3) is 0.467. The summed E-state index contributed by atoms with van der Waals surface area (Å²) in [6.07, 6.45) is 0.913. The zero-order valence-corrected chi connectivity index (χ0v) is 14.1. The van der Waals surface area contributed by atoms with Crippen LogP contribution in [0.1, 0.15) is 6.42 Å². The number of amides is 2. The number of benzene rings is 1. The number of imide groups is 1. The third-order valence-corrected chi connectivity index (χ3v) is 8.28. The van der Waals surface area contributed by atoms with Crippen LogP contribution in [0.4, 0.5) is 10.1 Å². The first kappa shape index (κ1) is 13.9. The highest BCUT2D eigenvalue weighted by Crippen LogP contribution is 2.60. The van der Waals surface area contributed by atoms with Crippen LogP contribution in [0.2, 0.25) is 0 Å². The van der Waals surface area contributed by atoms with Gasteiger partial charge in [-0.25, -0.2) is 4.39 Å². The molecule has 0 unspecified atom stereocenters. The zero-order chi connectivity index (χ0) is 14.9. The van der Waals surface area contributed by atoms with Crippen molar-refractivity contribution >= 4 is 49.4 Å². The van der Waals surface area contributed by atoms with E-state index in [-0.39, 0.29) is 51.0 Å². The molecule has 3 aliphatic rings. The van der Waals surface area contributed by atoms with Crippen molar-refractivity contribution in [3.8, 4) is 0 Å². The summed E-state index contributed by atoms with van der Waals surface area (Å²) in [5, 5.41) is 0. The first-order valence-corrected chi connectivity index (χ1v) is 8.75. The Morgan fingerprint density at radius 3 is 1.90 bits per heavy atom. The molecule has 2 amide bonds. The molecule has 1 aromatic rings. The van der Waals surface area contributed by atoms with E-state index in [2.05, 4.69) is 31.9 Å². The van der Waals surface area contributed by atoms with Gasteiger partial charge in [-0.15, -0.1) is 0 Å². The second-order valence-electron chi connectivity index (χ2n) is 5.99. The van der Waals surface area contributed by atoms with Gasteiger partial charge in [0.2, 0.25) is 11.8 Å². The van der Waals surface area contributed by atoms with Gasteiger partial charge in [0.05, 0.1) is 17.5 Å². The van der Waals surface area contributed by atoms with E-state index in [0.717, 1.165) is 6.42 Å². The molecule has 110 valence electrons. The van der Waals surface area contributed by atoms with Crippen LogP contribution in [0.5, 0.6) is 0 Å². The standard InChI is InChI=1S/C15H12Br2FNO2/c16-12-8-5-9(13(12)17)11-10(8)14(20)19(15(11)21)7-3-1-6(18)2-4-7/h1-4,8-13H,5H2/t8-,9+,10-,11-,12-,13+/m0/s1. The molecule has 1 saturated heterocycles. The highest BCUT2D eigenvalue weighted by molar-refractivity contribution is 9.12.